The average Bonchev–Trinajstić information content (AvgIpc) is 2.37. The third-order valence-electron chi connectivity index (χ3n) is 3.23. The molecule has 0 aliphatic heterocycles. The first kappa shape index (κ1) is 19.0. The van der Waals surface area contributed by atoms with Crippen LogP contribution < -0.4 is 4.90 Å². The van der Waals surface area contributed by atoms with Gasteiger partial charge in [-0.05, 0) is 56.6 Å². The Morgan fingerprint density at radius 3 is 1.60 bits per heavy atom. The minimum absolute atomic E-state index is 0.626. The number of benzene rings is 1. The van der Waals surface area contributed by atoms with E-state index in [1.165, 1.54) is 24.2 Å². The summed E-state index contributed by atoms with van der Waals surface area (Å²) in [4.78, 5) is 4.34. The van der Waals surface area contributed by atoms with Gasteiger partial charge in [0, 0.05) is 19.8 Å². The number of rotatable bonds is 5. The zero-order chi connectivity index (χ0) is 15.7. The van der Waals surface area contributed by atoms with Crippen molar-refractivity contribution in [3.8, 4) is 0 Å². The Hall–Kier alpha value is -1.02. The third kappa shape index (κ3) is 8.98. The second kappa shape index (κ2) is 9.82. The number of anilines is 1. The molecule has 0 aromatic heterocycles. The highest BCUT2D eigenvalue weighted by atomic mass is 15.1. The molecule has 0 aliphatic carbocycles. The van der Waals surface area contributed by atoms with Crippen molar-refractivity contribution in [3.05, 3.63) is 29.8 Å². The molecule has 2 heteroatoms. The lowest BCUT2D eigenvalue weighted by Crippen LogP contribution is -2.14. The zero-order valence-electron chi connectivity index (χ0n) is 14.8. The number of nitrogens with zero attached hydrogens (tertiary/aromatic N) is 2. The van der Waals surface area contributed by atoms with Crippen LogP contribution in [0.2, 0.25) is 0 Å². The fourth-order valence-electron chi connectivity index (χ4n) is 1.67. The Kier molecular flexibility index (Phi) is 9.32. The highest BCUT2D eigenvalue weighted by Gasteiger charge is 1.98. The zero-order valence-corrected chi connectivity index (χ0v) is 14.8. The molecule has 0 bridgehead atoms. The first-order valence-corrected chi connectivity index (χ1v) is 7.66. The van der Waals surface area contributed by atoms with Crippen LogP contribution in [0.3, 0.4) is 0 Å². The van der Waals surface area contributed by atoms with Crippen molar-refractivity contribution >= 4 is 5.69 Å². The van der Waals surface area contributed by atoms with Crippen molar-refractivity contribution < 1.29 is 0 Å². The number of hydrogen-bond acceptors (Lipinski definition) is 2. The SMILES string of the molecule is CC(C)CCN(C)C.CC(C)c1ccc(N(C)C)cc1. The second-order valence-electron chi connectivity index (χ2n) is 6.63. The molecule has 0 aliphatic rings. The van der Waals surface area contributed by atoms with Crippen LogP contribution in [0.1, 0.15) is 45.6 Å². The molecular weight excluding hydrogens is 244 g/mol. The molecule has 1 aromatic rings. The maximum atomic E-state index is 2.25. The van der Waals surface area contributed by atoms with E-state index >= 15 is 0 Å². The maximum Gasteiger partial charge on any atom is 0.0361 e. The Morgan fingerprint density at radius 1 is 0.850 bits per heavy atom. The molecule has 0 spiro atoms. The van der Waals surface area contributed by atoms with Crippen molar-refractivity contribution in [2.75, 3.05) is 39.6 Å². The largest absolute Gasteiger partial charge is 0.378 e. The Labute approximate surface area is 126 Å². The lowest BCUT2D eigenvalue weighted by Gasteiger charge is -2.13. The lowest BCUT2D eigenvalue weighted by atomic mass is 10.0. The smallest absolute Gasteiger partial charge is 0.0361 e. The molecule has 116 valence electrons. The molecule has 1 aromatic carbocycles. The molecule has 0 amide bonds. The van der Waals surface area contributed by atoms with Crippen LogP contribution in [0.4, 0.5) is 5.69 Å². The Bertz CT molecular complexity index is 302. The van der Waals surface area contributed by atoms with Crippen molar-refractivity contribution in [1.82, 2.24) is 4.90 Å². The van der Waals surface area contributed by atoms with Gasteiger partial charge in [-0.3, -0.25) is 0 Å². The first-order chi connectivity index (χ1) is 9.23. The van der Waals surface area contributed by atoms with Gasteiger partial charge in [0.05, 0.1) is 0 Å². The number of hydrogen-bond donors (Lipinski definition) is 0. The van der Waals surface area contributed by atoms with Gasteiger partial charge in [0.15, 0.2) is 0 Å². The van der Waals surface area contributed by atoms with E-state index in [4.69, 9.17) is 0 Å². The van der Waals surface area contributed by atoms with Gasteiger partial charge in [-0.15, -0.1) is 0 Å². The Morgan fingerprint density at radius 2 is 1.35 bits per heavy atom. The average molecular weight is 278 g/mol. The van der Waals surface area contributed by atoms with E-state index in [1.54, 1.807) is 0 Å². The molecule has 0 unspecified atom stereocenters. The summed E-state index contributed by atoms with van der Waals surface area (Å²) in [5.74, 6) is 1.47. The first-order valence-electron chi connectivity index (χ1n) is 7.66. The maximum absolute atomic E-state index is 2.25. The molecular formula is C18H34N2. The van der Waals surface area contributed by atoms with Gasteiger partial charge in [-0.25, -0.2) is 0 Å². The van der Waals surface area contributed by atoms with E-state index in [9.17, 15) is 0 Å². The van der Waals surface area contributed by atoms with Crippen molar-refractivity contribution in [1.29, 1.82) is 0 Å². The van der Waals surface area contributed by atoms with Crippen molar-refractivity contribution in [2.45, 2.75) is 40.0 Å². The van der Waals surface area contributed by atoms with Gasteiger partial charge in [0.1, 0.15) is 0 Å². The van der Waals surface area contributed by atoms with Crippen LogP contribution >= 0.6 is 0 Å². The monoisotopic (exact) mass is 278 g/mol. The Balaban J connectivity index is 0.000000396. The predicted molar refractivity (Wildman–Crippen MR) is 92.9 cm³/mol. The summed E-state index contributed by atoms with van der Waals surface area (Å²) in [6.07, 6.45) is 1.31. The third-order valence-corrected chi connectivity index (χ3v) is 3.23. The quantitative estimate of drug-likeness (QED) is 0.784. The summed E-state index contributed by atoms with van der Waals surface area (Å²) in [6, 6.07) is 8.71. The molecule has 0 fully saturated rings. The molecule has 1 rings (SSSR count). The standard InChI is InChI=1S/C11H17N.C7H17N/c1-9(2)10-5-7-11(8-6-10)12(3)4;1-7(2)5-6-8(3)4/h5-9H,1-4H3;7H,5-6H2,1-4H3. The molecule has 0 N–H and O–H groups in total. The minimum atomic E-state index is 0.626. The van der Waals surface area contributed by atoms with E-state index in [0.717, 1.165) is 5.92 Å². The van der Waals surface area contributed by atoms with Gasteiger partial charge >= 0.3 is 0 Å². The molecule has 0 saturated carbocycles. The van der Waals surface area contributed by atoms with E-state index in [-0.39, 0.29) is 0 Å². The summed E-state index contributed by atoms with van der Waals surface area (Å²) in [6.45, 7) is 10.2. The van der Waals surface area contributed by atoms with Crippen LogP contribution in [0, 0.1) is 5.92 Å². The van der Waals surface area contributed by atoms with Gasteiger partial charge in [-0.2, -0.15) is 0 Å². The summed E-state index contributed by atoms with van der Waals surface area (Å²) >= 11 is 0. The topological polar surface area (TPSA) is 6.48 Å². The van der Waals surface area contributed by atoms with E-state index in [2.05, 4.69) is 90.0 Å². The molecule has 2 nitrogen and oxygen atoms in total. The van der Waals surface area contributed by atoms with Crippen molar-refractivity contribution in [3.63, 3.8) is 0 Å². The fraction of sp³-hybridized carbons (Fsp3) is 0.667. The summed E-state index contributed by atoms with van der Waals surface area (Å²) < 4.78 is 0. The minimum Gasteiger partial charge on any atom is -0.378 e. The summed E-state index contributed by atoms with van der Waals surface area (Å²) in [7, 11) is 8.35. The van der Waals surface area contributed by atoms with Crippen LogP contribution in [-0.2, 0) is 0 Å². The van der Waals surface area contributed by atoms with Crippen LogP contribution in [0.5, 0.6) is 0 Å². The van der Waals surface area contributed by atoms with Gasteiger partial charge in [0.25, 0.3) is 0 Å². The predicted octanol–water partition coefficient (Wildman–Crippen LogP) is 4.47. The second-order valence-corrected chi connectivity index (χ2v) is 6.63. The molecule has 0 heterocycles. The lowest BCUT2D eigenvalue weighted by molar-refractivity contribution is 0.369. The van der Waals surface area contributed by atoms with Gasteiger partial charge in [-0.1, -0.05) is 39.8 Å². The molecule has 0 radical (unpaired) electrons. The molecule has 0 saturated heterocycles. The molecule has 0 atom stereocenters. The highest BCUT2D eigenvalue weighted by Crippen LogP contribution is 2.18. The van der Waals surface area contributed by atoms with Crippen LogP contribution in [0.25, 0.3) is 0 Å². The van der Waals surface area contributed by atoms with Gasteiger partial charge in [0.2, 0.25) is 0 Å². The highest BCUT2D eigenvalue weighted by molar-refractivity contribution is 5.46. The molecule has 20 heavy (non-hydrogen) atoms. The van der Waals surface area contributed by atoms with Crippen LogP contribution in [-0.4, -0.2) is 39.6 Å². The summed E-state index contributed by atoms with van der Waals surface area (Å²) in [5, 5.41) is 0. The van der Waals surface area contributed by atoms with E-state index in [1.807, 2.05) is 0 Å². The summed E-state index contributed by atoms with van der Waals surface area (Å²) in [5.41, 5.74) is 2.67. The van der Waals surface area contributed by atoms with Crippen LogP contribution in [0.15, 0.2) is 24.3 Å². The van der Waals surface area contributed by atoms with E-state index in [0.29, 0.717) is 5.92 Å². The van der Waals surface area contributed by atoms with Gasteiger partial charge < -0.3 is 9.80 Å². The van der Waals surface area contributed by atoms with Crippen molar-refractivity contribution in [2.24, 2.45) is 5.92 Å². The normalized spacial score (nSPS) is 10.8. The fourth-order valence-corrected chi connectivity index (χ4v) is 1.67. The van der Waals surface area contributed by atoms with E-state index < -0.39 is 0 Å².